The quantitative estimate of drug-likeness (QED) is 0.670. The lowest BCUT2D eigenvalue weighted by Gasteiger charge is -2.15. The fourth-order valence-corrected chi connectivity index (χ4v) is 1.86. The number of hydrogen-bond acceptors (Lipinski definition) is 3. The molecule has 1 atom stereocenters. The minimum Gasteiger partial charge on any atom is -0.271 e. The van der Waals surface area contributed by atoms with Crippen molar-refractivity contribution in [1.29, 1.82) is 0 Å². The number of nitrogens with one attached hydrogen (secondary N) is 1. The minimum atomic E-state index is -0.608. The number of pyridine rings is 1. The molecule has 0 saturated heterocycles. The smallest absolute Gasteiger partial charge is 0.129 e. The molecule has 19 heavy (non-hydrogen) atoms. The number of rotatable bonds is 4. The zero-order valence-electron chi connectivity index (χ0n) is 9.91. The minimum absolute atomic E-state index is 0.261. The van der Waals surface area contributed by atoms with Crippen LogP contribution in [0.5, 0.6) is 0 Å². The van der Waals surface area contributed by atoms with Crippen LogP contribution < -0.4 is 11.3 Å². The number of benzene rings is 1. The molecule has 3 N–H and O–H groups in total. The van der Waals surface area contributed by atoms with Crippen molar-refractivity contribution in [3.8, 4) is 0 Å². The van der Waals surface area contributed by atoms with Crippen molar-refractivity contribution in [1.82, 2.24) is 10.4 Å². The summed E-state index contributed by atoms with van der Waals surface area (Å²) in [6.45, 7) is 0. The molecule has 0 aliphatic rings. The molecule has 2 aromatic rings. The van der Waals surface area contributed by atoms with Gasteiger partial charge in [0, 0.05) is 12.3 Å². The molecule has 1 heterocycles. The molecule has 0 bridgehead atoms. The first-order chi connectivity index (χ1) is 9.10. The average Bonchev–Trinajstić information content (AvgIpc) is 2.39. The second-order valence-corrected chi connectivity index (χ2v) is 4.50. The van der Waals surface area contributed by atoms with E-state index in [1.165, 1.54) is 18.3 Å². The van der Waals surface area contributed by atoms with E-state index in [1.54, 1.807) is 12.1 Å². The number of halogens is 3. The second-order valence-electron chi connectivity index (χ2n) is 4.06. The van der Waals surface area contributed by atoms with E-state index in [2.05, 4.69) is 10.4 Å². The molecular formula is C13H12ClF2N3. The Morgan fingerprint density at radius 2 is 2.05 bits per heavy atom. The monoisotopic (exact) mass is 283 g/mol. The zero-order chi connectivity index (χ0) is 13.8. The van der Waals surface area contributed by atoms with Crippen molar-refractivity contribution in [2.75, 3.05) is 0 Å². The highest BCUT2D eigenvalue weighted by atomic mass is 35.5. The Hall–Kier alpha value is -1.56. The lowest BCUT2D eigenvalue weighted by Crippen LogP contribution is -2.30. The highest BCUT2D eigenvalue weighted by Gasteiger charge is 2.14. The van der Waals surface area contributed by atoms with Gasteiger partial charge in [0.1, 0.15) is 11.6 Å². The van der Waals surface area contributed by atoms with E-state index in [0.29, 0.717) is 16.3 Å². The third-order valence-electron chi connectivity index (χ3n) is 2.75. The van der Waals surface area contributed by atoms with Crippen LogP contribution in [0.1, 0.15) is 17.3 Å². The molecular weight excluding hydrogens is 272 g/mol. The molecule has 6 heteroatoms. The first kappa shape index (κ1) is 13.9. The van der Waals surface area contributed by atoms with Crippen molar-refractivity contribution >= 4 is 11.6 Å². The number of nitrogens with two attached hydrogens (primary N) is 1. The molecule has 0 saturated carbocycles. The van der Waals surface area contributed by atoms with Gasteiger partial charge in [-0.25, -0.2) is 8.78 Å². The molecule has 0 fully saturated rings. The van der Waals surface area contributed by atoms with E-state index in [9.17, 15) is 8.78 Å². The Bertz CT molecular complexity index is 560. The Kier molecular flexibility index (Phi) is 4.42. The second kappa shape index (κ2) is 6.06. The van der Waals surface area contributed by atoms with Crippen LogP contribution in [0.3, 0.4) is 0 Å². The molecule has 1 aromatic carbocycles. The van der Waals surface area contributed by atoms with Crippen LogP contribution in [0, 0.1) is 11.6 Å². The van der Waals surface area contributed by atoms with Gasteiger partial charge in [-0.2, -0.15) is 0 Å². The van der Waals surface area contributed by atoms with Crippen LogP contribution >= 0.6 is 11.6 Å². The molecule has 3 nitrogen and oxygen atoms in total. The van der Waals surface area contributed by atoms with Gasteiger partial charge < -0.3 is 0 Å². The third kappa shape index (κ3) is 3.47. The number of hydrazine groups is 1. The fourth-order valence-electron chi connectivity index (χ4n) is 1.75. The maximum absolute atomic E-state index is 13.6. The highest BCUT2D eigenvalue weighted by molar-refractivity contribution is 6.30. The van der Waals surface area contributed by atoms with E-state index in [0.717, 1.165) is 6.07 Å². The van der Waals surface area contributed by atoms with Gasteiger partial charge in [-0.1, -0.05) is 17.7 Å². The number of hydrogen-bond donors (Lipinski definition) is 2. The van der Waals surface area contributed by atoms with E-state index in [4.69, 9.17) is 17.4 Å². The van der Waals surface area contributed by atoms with Crippen molar-refractivity contribution < 1.29 is 8.78 Å². The Morgan fingerprint density at radius 3 is 2.63 bits per heavy atom. The van der Waals surface area contributed by atoms with Gasteiger partial charge >= 0.3 is 0 Å². The summed E-state index contributed by atoms with van der Waals surface area (Å²) in [7, 11) is 0. The van der Waals surface area contributed by atoms with E-state index < -0.39 is 11.6 Å². The Morgan fingerprint density at radius 1 is 1.26 bits per heavy atom. The van der Waals surface area contributed by atoms with Crippen LogP contribution in [-0.4, -0.2) is 4.98 Å². The van der Waals surface area contributed by atoms with E-state index in [-0.39, 0.29) is 12.5 Å². The first-order valence-electron chi connectivity index (χ1n) is 5.61. The van der Waals surface area contributed by atoms with Crippen molar-refractivity contribution in [3.05, 3.63) is 64.4 Å². The van der Waals surface area contributed by atoms with Gasteiger partial charge in [-0.05, 0) is 30.2 Å². The number of aromatic nitrogens is 1. The number of nitrogens with zero attached hydrogens (tertiary/aromatic N) is 1. The molecule has 0 amide bonds. The lowest BCUT2D eigenvalue weighted by atomic mass is 10.0. The maximum Gasteiger partial charge on any atom is 0.129 e. The van der Waals surface area contributed by atoms with Crippen LogP contribution in [-0.2, 0) is 6.42 Å². The standard InChI is InChI=1S/C13H12ClF2N3/c14-9-2-4-12(18-7-9)13(19-17)5-8-1-3-10(15)6-11(8)16/h1-4,6-7,13,19H,5,17H2. The van der Waals surface area contributed by atoms with Crippen molar-refractivity contribution in [3.63, 3.8) is 0 Å². The van der Waals surface area contributed by atoms with Crippen LogP contribution in [0.4, 0.5) is 8.78 Å². The molecule has 0 aliphatic heterocycles. The largest absolute Gasteiger partial charge is 0.271 e. The normalized spacial score (nSPS) is 12.4. The summed E-state index contributed by atoms with van der Waals surface area (Å²) in [6.07, 6.45) is 1.75. The molecule has 1 unspecified atom stereocenters. The summed E-state index contributed by atoms with van der Waals surface area (Å²) in [5.41, 5.74) is 3.56. The lowest BCUT2D eigenvalue weighted by molar-refractivity contribution is 0.513. The van der Waals surface area contributed by atoms with Crippen LogP contribution in [0.15, 0.2) is 36.5 Å². The zero-order valence-corrected chi connectivity index (χ0v) is 10.7. The van der Waals surface area contributed by atoms with Gasteiger partial charge in [-0.3, -0.25) is 16.3 Å². The predicted octanol–water partition coefficient (Wildman–Crippen LogP) is 2.76. The summed E-state index contributed by atoms with van der Waals surface area (Å²) in [6, 6.07) is 6.45. The van der Waals surface area contributed by atoms with Gasteiger partial charge in [0.05, 0.1) is 16.8 Å². The SMILES string of the molecule is NNC(Cc1ccc(F)cc1F)c1ccc(Cl)cn1. The van der Waals surface area contributed by atoms with Crippen molar-refractivity contribution in [2.45, 2.75) is 12.5 Å². The highest BCUT2D eigenvalue weighted by Crippen LogP contribution is 2.19. The molecule has 0 spiro atoms. The van der Waals surface area contributed by atoms with Gasteiger partial charge in [-0.15, -0.1) is 0 Å². The van der Waals surface area contributed by atoms with Crippen LogP contribution in [0.25, 0.3) is 0 Å². The van der Waals surface area contributed by atoms with Gasteiger partial charge in [0.25, 0.3) is 0 Å². The molecule has 2 rings (SSSR count). The van der Waals surface area contributed by atoms with Gasteiger partial charge in [0.15, 0.2) is 0 Å². The Labute approximate surface area is 114 Å². The molecule has 0 aliphatic carbocycles. The summed E-state index contributed by atoms with van der Waals surface area (Å²) in [5, 5.41) is 0.507. The summed E-state index contributed by atoms with van der Waals surface area (Å²) in [4.78, 5) is 4.12. The first-order valence-corrected chi connectivity index (χ1v) is 5.99. The van der Waals surface area contributed by atoms with Crippen LogP contribution in [0.2, 0.25) is 5.02 Å². The predicted molar refractivity (Wildman–Crippen MR) is 69.4 cm³/mol. The topological polar surface area (TPSA) is 50.9 Å². The third-order valence-corrected chi connectivity index (χ3v) is 2.97. The average molecular weight is 284 g/mol. The molecule has 0 radical (unpaired) electrons. The van der Waals surface area contributed by atoms with Gasteiger partial charge in [0.2, 0.25) is 0 Å². The maximum atomic E-state index is 13.6. The summed E-state index contributed by atoms with van der Waals surface area (Å²) in [5.74, 6) is 4.24. The Balaban J connectivity index is 2.21. The molecule has 1 aromatic heterocycles. The van der Waals surface area contributed by atoms with E-state index in [1.807, 2.05) is 0 Å². The summed E-state index contributed by atoms with van der Waals surface area (Å²) >= 11 is 5.75. The summed E-state index contributed by atoms with van der Waals surface area (Å²) < 4.78 is 26.4. The van der Waals surface area contributed by atoms with Crippen molar-refractivity contribution in [2.24, 2.45) is 5.84 Å². The molecule has 100 valence electrons. The fraction of sp³-hybridized carbons (Fsp3) is 0.154. The van der Waals surface area contributed by atoms with E-state index >= 15 is 0 Å².